The zero-order chi connectivity index (χ0) is 13.1. The molecule has 1 unspecified atom stereocenters. The molecule has 1 atom stereocenters. The van der Waals surface area contributed by atoms with Gasteiger partial charge in [-0.05, 0) is 41.1 Å². The van der Waals surface area contributed by atoms with E-state index in [1.807, 2.05) is 0 Å². The summed E-state index contributed by atoms with van der Waals surface area (Å²) in [5.74, 6) is 0. The van der Waals surface area contributed by atoms with Gasteiger partial charge in [-0.2, -0.15) is 0 Å². The molecule has 0 radical (unpaired) electrons. The smallest absolute Gasteiger partial charge is 0.241 e. The topological polar surface area (TPSA) is 55.4 Å². The summed E-state index contributed by atoms with van der Waals surface area (Å²) in [6.07, 6.45) is -0.168. The van der Waals surface area contributed by atoms with Crippen LogP contribution in [0.4, 0.5) is 0 Å². The Labute approximate surface area is 118 Å². The maximum atomic E-state index is 12.0. The average Bonchev–Trinajstić information content (AvgIpc) is 2.25. The van der Waals surface area contributed by atoms with Crippen LogP contribution in [0.1, 0.15) is 6.92 Å². The van der Waals surface area contributed by atoms with Gasteiger partial charge in [0.15, 0.2) is 0 Å². The minimum atomic E-state index is -3.51. The largest absolute Gasteiger partial charge is 0.380 e. The second-order valence-electron chi connectivity index (χ2n) is 3.47. The van der Waals surface area contributed by atoms with Crippen LogP contribution in [0.2, 0.25) is 0 Å². The molecular weight excluding hydrogens is 374 g/mol. The third kappa shape index (κ3) is 4.33. The number of methoxy groups -OCH3 is 1. The van der Waals surface area contributed by atoms with Gasteiger partial charge in [-0.15, -0.1) is 0 Å². The van der Waals surface area contributed by atoms with E-state index in [1.165, 1.54) is 13.2 Å². The lowest BCUT2D eigenvalue weighted by Crippen LogP contribution is -2.31. The summed E-state index contributed by atoms with van der Waals surface area (Å²) in [5.41, 5.74) is 0. The third-order valence-electron chi connectivity index (χ3n) is 2.15. The Bertz CT molecular complexity index is 490. The predicted molar refractivity (Wildman–Crippen MR) is 73.5 cm³/mol. The highest BCUT2D eigenvalue weighted by molar-refractivity contribution is 9.11. The van der Waals surface area contributed by atoms with Gasteiger partial charge in [-0.3, -0.25) is 0 Å². The highest BCUT2D eigenvalue weighted by Crippen LogP contribution is 2.25. The van der Waals surface area contributed by atoms with Crippen molar-refractivity contribution >= 4 is 41.9 Å². The molecule has 1 N–H and O–H groups in total. The van der Waals surface area contributed by atoms with E-state index in [4.69, 9.17) is 4.74 Å². The van der Waals surface area contributed by atoms with Crippen molar-refractivity contribution in [3.63, 3.8) is 0 Å². The summed E-state index contributed by atoms with van der Waals surface area (Å²) >= 11 is 6.50. The van der Waals surface area contributed by atoms with Crippen LogP contribution in [0.3, 0.4) is 0 Å². The molecule has 0 amide bonds. The quantitative estimate of drug-likeness (QED) is 0.845. The third-order valence-corrected chi connectivity index (χ3v) is 5.04. The van der Waals surface area contributed by atoms with Crippen LogP contribution in [-0.4, -0.2) is 28.2 Å². The minimum Gasteiger partial charge on any atom is -0.380 e. The molecule has 0 fully saturated rings. The molecule has 0 aliphatic carbocycles. The Kier molecular flexibility index (Phi) is 5.59. The van der Waals surface area contributed by atoms with E-state index in [0.717, 1.165) is 4.47 Å². The number of hydrogen-bond donors (Lipinski definition) is 1. The van der Waals surface area contributed by atoms with Crippen molar-refractivity contribution in [3.05, 3.63) is 27.1 Å². The van der Waals surface area contributed by atoms with Gasteiger partial charge in [0.05, 0.1) is 11.0 Å². The molecule has 17 heavy (non-hydrogen) atoms. The van der Waals surface area contributed by atoms with Crippen molar-refractivity contribution in [2.24, 2.45) is 0 Å². The Hall–Kier alpha value is 0.0500. The number of rotatable bonds is 5. The molecule has 0 saturated heterocycles. The van der Waals surface area contributed by atoms with Crippen LogP contribution >= 0.6 is 31.9 Å². The first kappa shape index (κ1) is 15.1. The minimum absolute atomic E-state index is 0.168. The highest BCUT2D eigenvalue weighted by Gasteiger charge is 2.18. The Morgan fingerprint density at radius 1 is 1.41 bits per heavy atom. The molecule has 4 nitrogen and oxygen atoms in total. The molecule has 1 aromatic carbocycles. The zero-order valence-corrected chi connectivity index (χ0v) is 13.4. The first-order valence-corrected chi connectivity index (χ1v) is 7.91. The fourth-order valence-electron chi connectivity index (χ4n) is 1.08. The lowest BCUT2D eigenvalue weighted by atomic mass is 10.4. The number of benzene rings is 1. The SMILES string of the molecule is COC(C)CNS(=O)(=O)c1ccc(Br)cc1Br. The number of ether oxygens (including phenoxy) is 1. The number of halogens is 2. The molecule has 7 heteroatoms. The van der Waals surface area contributed by atoms with E-state index in [1.54, 1.807) is 19.1 Å². The number of hydrogen-bond acceptors (Lipinski definition) is 3. The molecule has 0 heterocycles. The summed E-state index contributed by atoms with van der Waals surface area (Å²) in [4.78, 5) is 0.212. The standard InChI is InChI=1S/C10H13Br2NO3S/c1-7(16-2)6-13-17(14,15)10-4-3-8(11)5-9(10)12/h3-5,7,13H,6H2,1-2H3. The molecule has 0 saturated carbocycles. The number of nitrogens with one attached hydrogen (secondary N) is 1. The van der Waals surface area contributed by atoms with E-state index < -0.39 is 10.0 Å². The lowest BCUT2D eigenvalue weighted by molar-refractivity contribution is 0.122. The fourth-order valence-corrected chi connectivity index (χ4v) is 3.94. The Morgan fingerprint density at radius 3 is 2.59 bits per heavy atom. The summed E-state index contributed by atoms with van der Waals surface area (Å²) in [7, 11) is -1.97. The van der Waals surface area contributed by atoms with Crippen LogP contribution in [0, 0.1) is 0 Å². The average molecular weight is 387 g/mol. The molecule has 0 aliphatic heterocycles. The van der Waals surface area contributed by atoms with Gasteiger partial charge in [0.25, 0.3) is 0 Å². The van der Waals surface area contributed by atoms with E-state index >= 15 is 0 Å². The van der Waals surface area contributed by atoms with Gasteiger partial charge in [0.2, 0.25) is 10.0 Å². The van der Waals surface area contributed by atoms with E-state index in [-0.39, 0.29) is 17.5 Å². The van der Waals surface area contributed by atoms with Gasteiger partial charge in [0.1, 0.15) is 0 Å². The van der Waals surface area contributed by atoms with Gasteiger partial charge >= 0.3 is 0 Å². The predicted octanol–water partition coefficient (Wildman–Crippen LogP) is 2.52. The van der Waals surface area contributed by atoms with Crippen molar-refractivity contribution in [1.29, 1.82) is 0 Å². The van der Waals surface area contributed by atoms with Crippen molar-refractivity contribution in [2.45, 2.75) is 17.9 Å². The van der Waals surface area contributed by atoms with Crippen molar-refractivity contribution in [1.82, 2.24) is 4.72 Å². The summed E-state index contributed by atoms with van der Waals surface area (Å²) in [6.45, 7) is 2.03. The zero-order valence-electron chi connectivity index (χ0n) is 9.41. The van der Waals surface area contributed by atoms with Crippen molar-refractivity contribution in [3.8, 4) is 0 Å². The van der Waals surface area contributed by atoms with E-state index in [9.17, 15) is 8.42 Å². The van der Waals surface area contributed by atoms with Gasteiger partial charge in [-0.1, -0.05) is 15.9 Å². The fraction of sp³-hybridized carbons (Fsp3) is 0.400. The van der Waals surface area contributed by atoms with Crippen LogP contribution in [0.15, 0.2) is 32.0 Å². The first-order valence-electron chi connectivity index (χ1n) is 4.84. The molecule has 0 bridgehead atoms. The normalized spacial score (nSPS) is 13.6. The second-order valence-corrected chi connectivity index (χ2v) is 6.98. The molecule has 0 aliphatic rings. The van der Waals surface area contributed by atoms with Gasteiger partial charge in [-0.25, -0.2) is 13.1 Å². The lowest BCUT2D eigenvalue weighted by Gasteiger charge is -2.12. The van der Waals surface area contributed by atoms with Crippen molar-refractivity contribution < 1.29 is 13.2 Å². The van der Waals surface area contributed by atoms with Gasteiger partial charge in [0, 0.05) is 22.6 Å². The summed E-state index contributed by atoms with van der Waals surface area (Å²) < 4.78 is 32.7. The monoisotopic (exact) mass is 385 g/mol. The molecule has 0 spiro atoms. The highest BCUT2D eigenvalue weighted by atomic mass is 79.9. The second kappa shape index (κ2) is 6.29. The van der Waals surface area contributed by atoms with Crippen LogP contribution in [-0.2, 0) is 14.8 Å². The van der Waals surface area contributed by atoms with Gasteiger partial charge < -0.3 is 4.74 Å². The first-order chi connectivity index (χ1) is 7.86. The van der Waals surface area contributed by atoms with Crippen molar-refractivity contribution in [2.75, 3.05) is 13.7 Å². The maximum absolute atomic E-state index is 12.0. The Morgan fingerprint density at radius 2 is 2.06 bits per heavy atom. The van der Waals surface area contributed by atoms with E-state index in [0.29, 0.717) is 4.47 Å². The van der Waals surface area contributed by atoms with Crippen LogP contribution in [0.5, 0.6) is 0 Å². The molecule has 1 aromatic rings. The van der Waals surface area contributed by atoms with Crippen LogP contribution in [0.25, 0.3) is 0 Å². The molecule has 0 aromatic heterocycles. The summed E-state index contributed by atoms with van der Waals surface area (Å²) in [6, 6.07) is 4.90. The molecular formula is C10H13Br2NO3S. The van der Waals surface area contributed by atoms with Crippen LogP contribution < -0.4 is 4.72 Å². The Balaban J connectivity index is 2.90. The maximum Gasteiger partial charge on any atom is 0.241 e. The van der Waals surface area contributed by atoms with E-state index in [2.05, 4.69) is 36.6 Å². The summed E-state index contributed by atoms with van der Waals surface area (Å²) in [5, 5.41) is 0. The molecule has 96 valence electrons. The number of sulfonamides is 1. The molecule has 1 rings (SSSR count).